The maximum absolute atomic E-state index is 13.4. The third-order valence-corrected chi connectivity index (χ3v) is 7.25. The number of nitrogens with one attached hydrogen (secondary N) is 2. The standard InChI is InChI=1S/C25H24N4O4S/c1-15-21(17-9-11-18(33-2)12-10-17)27-23(34-15)26-20(30)14-29-22(31)25(28-24(29)32)13-5-7-16-6-3-4-8-19(16)25/h3-4,6,8-12H,5,7,13-14H2,1-2H3,(H,28,32)(H,26,27,30)/t25-/m0/s1. The van der Waals surface area contributed by atoms with E-state index in [0.29, 0.717) is 11.6 Å². The molecule has 1 aliphatic carbocycles. The molecule has 5 rings (SSSR count). The molecule has 2 N–H and O–H groups in total. The fourth-order valence-corrected chi connectivity index (χ4v) is 5.58. The second-order valence-electron chi connectivity index (χ2n) is 8.44. The number of thiazole rings is 1. The van der Waals surface area contributed by atoms with Gasteiger partial charge in [-0.2, -0.15) is 0 Å². The van der Waals surface area contributed by atoms with Gasteiger partial charge in [-0.3, -0.25) is 14.5 Å². The van der Waals surface area contributed by atoms with E-state index in [1.54, 1.807) is 7.11 Å². The van der Waals surface area contributed by atoms with Crippen LogP contribution in [-0.4, -0.2) is 41.4 Å². The fourth-order valence-electron chi connectivity index (χ4n) is 4.72. The maximum atomic E-state index is 13.4. The quantitative estimate of drug-likeness (QED) is 0.545. The summed E-state index contributed by atoms with van der Waals surface area (Å²) in [4.78, 5) is 45.4. The smallest absolute Gasteiger partial charge is 0.325 e. The average Bonchev–Trinajstić information content (AvgIpc) is 3.31. The number of ether oxygens (including phenoxy) is 1. The number of methoxy groups -OCH3 is 1. The molecule has 2 aromatic carbocycles. The summed E-state index contributed by atoms with van der Waals surface area (Å²) in [6.45, 7) is 1.56. The molecule has 2 aliphatic rings. The van der Waals surface area contributed by atoms with Gasteiger partial charge in [0.05, 0.1) is 12.8 Å². The summed E-state index contributed by atoms with van der Waals surface area (Å²) < 4.78 is 5.20. The lowest BCUT2D eigenvalue weighted by Gasteiger charge is -2.33. The summed E-state index contributed by atoms with van der Waals surface area (Å²) in [7, 11) is 1.61. The predicted octanol–water partition coefficient (Wildman–Crippen LogP) is 3.85. The van der Waals surface area contributed by atoms with Crippen LogP contribution in [0.2, 0.25) is 0 Å². The molecule has 1 atom stereocenters. The third-order valence-electron chi connectivity index (χ3n) is 6.36. The van der Waals surface area contributed by atoms with E-state index in [4.69, 9.17) is 4.74 Å². The lowest BCUT2D eigenvalue weighted by molar-refractivity contribution is -0.134. The van der Waals surface area contributed by atoms with Crippen molar-refractivity contribution < 1.29 is 19.1 Å². The van der Waals surface area contributed by atoms with Crippen LogP contribution < -0.4 is 15.4 Å². The minimum atomic E-state index is -1.09. The molecule has 2 heterocycles. The van der Waals surface area contributed by atoms with Crippen molar-refractivity contribution in [2.75, 3.05) is 19.0 Å². The van der Waals surface area contributed by atoms with Crippen molar-refractivity contribution in [3.05, 3.63) is 64.5 Å². The number of benzene rings is 2. The molecule has 0 saturated carbocycles. The van der Waals surface area contributed by atoms with Crippen molar-refractivity contribution in [3.8, 4) is 17.0 Å². The largest absolute Gasteiger partial charge is 0.497 e. The summed E-state index contributed by atoms with van der Waals surface area (Å²) >= 11 is 1.34. The lowest BCUT2D eigenvalue weighted by Crippen LogP contribution is -2.47. The molecule has 8 nitrogen and oxygen atoms in total. The van der Waals surface area contributed by atoms with Gasteiger partial charge in [0, 0.05) is 10.4 Å². The molecular weight excluding hydrogens is 452 g/mol. The zero-order valence-corrected chi connectivity index (χ0v) is 19.7. The number of amides is 4. The molecule has 9 heteroatoms. The van der Waals surface area contributed by atoms with E-state index < -0.39 is 17.5 Å². The molecule has 0 radical (unpaired) electrons. The van der Waals surface area contributed by atoms with Crippen LogP contribution in [0.4, 0.5) is 9.93 Å². The van der Waals surface area contributed by atoms with Crippen LogP contribution >= 0.6 is 11.3 Å². The first kappa shape index (κ1) is 22.1. The molecule has 0 bridgehead atoms. The average molecular weight is 477 g/mol. The highest BCUT2D eigenvalue weighted by atomic mass is 32.1. The van der Waals surface area contributed by atoms with Crippen molar-refractivity contribution >= 4 is 34.3 Å². The van der Waals surface area contributed by atoms with Crippen LogP contribution in [0.1, 0.15) is 28.8 Å². The molecule has 1 aromatic heterocycles. The Morgan fingerprint density at radius 1 is 1.21 bits per heavy atom. The zero-order valence-electron chi connectivity index (χ0n) is 18.9. The molecule has 1 saturated heterocycles. The Morgan fingerprint density at radius 2 is 1.97 bits per heavy atom. The van der Waals surface area contributed by atoms with E-state index in [-0.39, 0.29) is 12.5 Å². The first-order valence-electron chi connectivity index (χ1n) is 11.1. The van der Waals surface area contributed by atoms with Crippen molar-refractivity contribution in [2.45, 2.75) is 31.7 Å². The number of carbonyl (C=O) groups excluding carboxylic acids is 3. The molecule has 1 fully saturated rings. The number of imide groups is 1. The van der Waals surface area contributed by atoms with Gasteiger partial charge in [0.1, 0.15) is 17.8 Å². The number of aryl methyl sites for hydroxylation is 2. The molecule has 3 aromatic rings. The molecule has 0 unspecified atom stereocenters. The van der Waals surface area contributed by atoms with Gasteiger partial charge in [0.2, 0.25) is 5.91 Å². The van der Waals surface area contributed by atoms with E-state index in [1.165, 1.54) is 11.3 Å². The number of urea groups is 1. The van der Waals surface area contributed by atoms with Crippen molar-refractivity contribution in [1.29, 1.82) is 0 Å². The fraction of sp³-hybridized carbons (Fsp3) is 0.280. The van der Waals surface area contributed by atoms with Crippen molar-refractivity contribution in [2.24, 2.45) is 0 Å². The van der Waals surface area contributed by atoms with Gasteiger partial charge in [-0.15, -0.1) is 11.3 Å². The van der Waals surface area contributed by atoms with E-state index in [1.807, 2.05) is 55.5 Å². The number of rotatable bonds is 5. The summed E-state index contributed by atoms with van der Waals surface area (Å²) in [5.74, 6) is -0.106. The van der Waals surface area contributed by atoms with E-state index in [0.717, 1.165) is 50.8 Å². The number of nitrogens with zero attached hydrogens (tertiary/aromatic N) is 2. The number of aromatic nitrogens is 1. The number of fused-ring (bicyclic) bond motifs is 2. The van der Waals surface area contributed by atoms with Crippen LogP contribution in [0.15, 0.2) is 48.5 Å². The number of hydrogen-bond acceptors (Lipinski definition) is 6. The minimum absolute atomic E-state index is 0.370. The first-order chi connectivity index (χ1) is 16.4. The maximum Gasteiger partial charge on any atom is 0.325 e. The minimum Gasteiger partial charge on any atom is -0.497 e. The van der Waals surface area contributed by atoms with Gasteiger partial charge in [0.25, 0.3) is 5.91 Å². The van der Waals surface area contributed by atoms with Gasteiger partial charge >= 0.3 is 6.03 Å². The van der Waals surface area contributed by atoms with Crippen molar-refractivity contribution in [1.82, 2.24) is 15.2 Å². The molecule has 4 amide bonds. The summed E-state index contributed by atoms with van der Waals surface area (Å²) in [5.41, 5.74) is 2.45. The highest BCUT2D eigenvalue weighted by Crippen LogP contribution is 2.40. The lowest BCUT2D eigenvalue weighted by atomic mass is 9.76. The summed E-state index contributed by atoms with van der Waals surface area (Å²) in [5, 5.41) is 6.03. The number of hydrogen-bond donors (Lipinski definition) is 2. The van der Waals surface area contributed by atoms with Gasteiger partial charge in [-0.05, 0) is 61.6 Å². The topological polar surface area (TPSA) is 101 Å². The van der Waals surface area contributed by atoms with Gasteiger partial charge in [-0.1, -0.05) is 24.3 Å². The van der Waals surface area contributed by atoms with Crippen molar-refractivity contribution in [3.63, 3.8) is 0 Å². The Labute approximate surface area is 201 Å². The van der Waals surface area contributed by atoms with Crippen LogP contribution in [0, 0.1) is 6.92 Å². The van der Waals surface area contributed by atoms with Crippen LogP contribution in [0.25, 0.3) is 11.3 Å². The van der Waals surface area contributed by atoms with Gasteiger partial charge in [0.15, 0.2) is 5.13 Å². The Bertz CT molecular complexity index is 1290. The highest BCUT2D eigenvalue weighted by molar-refractivity contribution is 7.16. The Hall–Kier alpha value is -3.72. The van der Waals surface area contributed by atoms with Crippen LogP contribution in [0.3, 0.4) is 0 Å². The first-order valence-corrected chi connectivity index (χ1v) is 11.9. The van der Waals surface area contributed by atoms with Crippen LogP contribution in [0.5, 0.6) is 5.75 Å². The zero-order chi connectivity index (χ0) is 23.9. The molecule has 34 heavy (non-hydrogen) atoms. The summed E-state index contributed by atoms with van der Waals surface area (Å²) in [6, 6.07) is 14.6. The monoisotopic (exact) mass is 476 g/mol. The van der Waals surface area contributed by atoms with E-state index in [2.05, 4.69) is 15.6 Å². The second kappa shape index (κ2) is 8.57. The normalized spacial score (nSPS) is 19.2. The second-order valence-corrected chi connectivity index (χ2v) is 9.64. The molecule has 174 valence electrons. The Balaban J connectivity index is 1.31. The Morgan fingerprint density at radius 3 is 2.74 bits per heavy atom. The third kappa shape index (κ3) is 3.71. The van der Waals surface area contributed by atoms with Crippen LogP contribution in [-0.2, 0) is 21.5 Å². The van der Waals surface area contributed by atoms with Gasteiger partial charge in [-0.25, -0.2) is 9.78 Å². The summed E-state index contributed by atoms with van der Waals surface area (Å²) in [6.07, 6.45) is 2.17. The number of carbonyl (C=O) groups is 3. The van der Waals surface area contributed by atoms with E-state index >= 15 is 0 Å². The molecular formula is C25H24N4O4S. The van der Waals surface area contributed by atoms with Gasteiger partial charge < -0.3 is 15.4 Å². The molecule has 1 spiro atoms. The van der Waals surface area contributed by atoms with E-state index in [9.17, 15) is 14.4 Å². The highest BCUT2D eigenvalue weighted by Gasteiger charge is 2.54. The number of anilines is 1. The Kier molecular flexibility index (Phi) is 5.57. The molecule has 1 aliphatic heterocycles. The SMILES string of the molecule is COc1ccc(-c2nc(NC(=O)CN3C(=O)N[C@]4(CCCc5ccccc54)C3=O)sc2C)cc1. The predicted molar refractivity (Wildman–Crippen MR) is 129 cm³/mol.